The molecule has 0 aromatic carbocycles. The summed E-state index contributed by atoms with van der Waals surface area (Å²) >= 11 is 0. The second kappa shape index (κ2) is 2.14. The zero-order valence-electron chi connectivity index (χ0n) is 5.37. The van der Waals surface area contributed by atoms with Crippen LogP contribution in [-0.4, -0.2) is 17.9 Å². The molecule has 0 spiro atoms. The minimum atomic E-state index is -4.25. The van der Waals surface area contributed by atoms with Crippen LogP contribution in [0.5, 0.6) is 0 Å². The minimum absolute atomic E-state index is 0.0243. The number of nitrogens with one attached hydrogen (secondary N) is 1. The highest BCUT2D eigenvalue weighted by Gasteiger charge is 2.38. The standard InChI is InChI=1S/C5H7F3N2/c1-3-2-4(10-9-3)5(6,7)8/h3,9H,2H2,1H3. The molecule has 10 heavy (non-hydrogen) atoms. The third-order valence-electron chi connectivity index (χ3n) is 1.25. The summed E-state index contributed by atoms with van der Waals surface area (Å²) in [4.78, 5) is 0. The molecule has 5 heteroatoms. The number of halogens is 3. The zero-order chi connectivity index (χ0) is 7.78. The summed E-state index contributed by atoms with van der Waals surface area (Å²) in [7, 11) is 0. The molecule has 1 aliphatic rings. The molecule has 0 radical (unpaired) electrons. The van der Waals surface area contributed by atoms with Gasteiger partial charge in [0.05, 0.1) is 0 Å². The van der Waals surface area contributed by atoms with Gasteiger partial charge in [0.1, 0.15) is 5.71 Å². The summed E-state index contributed by atoms with van der Waals surface area (Å²) in [5.74, 6) is 0. The third kappa shape index (κ3) is 1.40. The van der Waals surface area contributed by atoms with Gasteiger partial charge in [0.2, 0.25) is 0 Å². The summed E-state index contributed by atoms with van der Waals surface area (Å²) < 4.78 is 35.3. The molecular formula is C5H7F3N2. The molecule has 1 heterocycles. The van der Waals surface area contributed by atoms with E-state index in [0.29, 0.717) is 0 Å². The number of alkyl halides is 3. The van der Waals surface area contributed by atoms with Crippen LogP contribution in [0.4, 0.5) is 13.2 Å². The van der Waals surface area contributed by atoms with Crippen LogP contribution < -0.4 is 5.43 Å². The molecular weight excluding hydrogens is 145 g/mol. The highest BCUT2D eigenvalue weighted by atomic mass is 19.4. The SMILES string of the molecule is CC1CC(C(F)(F)F)=NN1. The minimum Gasteiger partial charge on any atom is -0.307 e. The van der Waals surface area contributed by atoms with Crippen molar-refractivity contribution in [3.63, 3.8) is 0 Å². The van der Waals surface area contributed by atoms with Gasteiger partial charge in [-0.15, -0.1) is 0 Å². The molecule has 0 bridgehead atoms. The Morgan fingerprint density at radius 2 is 2.20 bits per heavy atom. The van der Waals surface area contributed by atoms with Crippen molar-refractivity contribution in [2.24, 2.45) is 5.10 Å². The second-order valence-electron chi connectivity index (χ2n) is 2.29. The van der Waals surface area contributed by atoms with E-state index in [9.17, 15) is 13.2 Å². The van der Waals surface area contributed by atoms with Gasteiger partial charge < -0.3 is 5.43 Å². The Morgan fingerprint density at radius 3 is 2.40 bits per heavy atom. The Kier molecular flexibility index (Phi) is 1.58. The van der Waals surface area contributed by atoms with Crippen LogP contribution in [0.1, 0.15) is 13.3 Å². The molecule has 1 N–H and O–H groups in total. The fraction of sp³-hybridized carbons (Fsp3) is 0.800. The molecule has 0 aromatic rings. The van der Waals surface area contributed by atoms with Crippen molar-refractivity contribution in [1.29, 1.82) is 0 Å². The van der Waals surface area contributed by atoms with E-state index in [1.807, 2.05) is 0 Å². The number of hydrazone groups is 1. The molecule has 1 aliphatic heterocycles. The van der Waals surface area contributed by atoms with Crippen LogP contribution in [0.3, 0.4) is 0 Å². The Balaban J connectivity index is 2.60. The summed E-state index contributed by atoms with van der Waals surface area (Å²) in [6.45, 7) is 1.66. The van der Waals surface area contributed by atoms with E-state index in [2.05, 4.69) is 10.5 Å². The number of nitrogens with zero attached hydrogens (tertiary/aromatic N) is 1. The van der Waals surface area contributed by atoms with Crippen molar-refractivity contribution in [3.05, 3.63) is 0 Å². The third-order valence-corrected chi connectivity index (χ3v) is 1.25. The van der Waals surface area contributed by atoms with E-state index >= 15 is 0 Å². The first kappa shape index (κ1) is 7.37. The lowest BCUT2D eigenvalue weighted by molar-refractivity contribution is -0.0600. The highest BCUT2D eigenvalue weighted by Crippen LogP contribution is 2.22. The predicted molar refractivity (Wildman–Crippen MR) is 30.7 cm³/mol. The van der Waals surface area contributed by atoms with Gasteiger partial charge in [-0.05, 0) is 6.92 Å². The van der Waals surface area contributed by atoms with Crippen LogP contribution in [0.25, 0.3) is 0 Å². The van der Waals surface area contributed by atoms with Gasteiger partial charge in [-0.3, -0.25) is 0 Å². The van der Waals surface area contributed by atoms with Crippen LogP contribution in [0.2, 0.25) is 0 Å². The maximum Gasteiger partial charge on any atom is 0.431 e. The van der Waals surface area contributed by atoms with E-state index in [0.717, 1.165) is 0 Å². The van der Waals surface area contributed by atoms with Gasteiger partial charge in [-0.1, -0.05) is 0 Å². The van der Waals surface area contributed by atoms with Gasteiger partial charge in [-0.25, -0.2) is 0 Å². The van der Waals surface area contributed by atoms with E-state index in [1.165, 1.54) is 0 Å². The molecule has 58 valence electrons. The fourth-order valence-electron chi connectivity index (χ4n) is 0.749. The van der Waals surface area contributed by atoms with Crippen molar-refractivity contribution in [2.45, 2.75) is 25.6 Å². The molecule has 0 amide bonds. The van der Waals surface area contributed by atoms with Crippen molar-refractivity contribution in [1.82, 2.24) is 5.43 Å². The monoisotopic (exact) mass is 152 g/mol. The summed E-state index contributed by atoms with van der Waals surface area (Å²) in [5, 5.41) is 3.13. The van der Waals surface area contributed by atoms with Crippen LogP contribution in [-0.2, 0) is 0 Å². The quantitative estimate of drug-likeness (QED) is 0.555. The first-order valence-corrected chi connectivity index (χ1v) is 2.89. The van der Waals surface area contributed by atoms with Crippen molar-refractivity contribution in [2.75, 3.05) is 0 Å². The Bertz CT molecular complexity index is 161. The Morgan fingerprint density at radius 1 is 1.60 bits per heavy atom. The fourth-order valence-corrected chi connectivity index (χ4v) is 0.749. The van der Waals surface area contributed by atoms with Crippen LogP contribution in [0, 0.1) is 0 Å². The van der Waals surface area contributed by atoms with E-state index in [1.54, 1.807) is 6.92 Å². The number of hydrogen-bond acceptors (Lipinski definition) is 2. The molecule has 1 atom stereocenters. The largest absolute Gasteiger partial charge is 0.431 e. The second-order valence-corrected chi connectivity index (χ2v) is 2.29. The molecule has 1 rings (SSSR count). The van der Waals surface area contributed by atoms with Gasteiger partial charge in [0, 0.05) is 12.5 Å². The normalized spacial score (nSPS) is 26.0. The molecule has 2 nitrogen and oxygen atoms in total. The lowest BCUT2D eigenvalue weighted by atomic mass is 10.2. The first-order valence-electron chi connectivity index (χ1n) is 2.89. The molecule has 0 fully saturated rings. The maximum atomic E-state index is 11.8. The zero-order valence-corrected chi connectivity index (χ0v) is 5.37. The number of rotatable bonds is 0. The molecule has 1 unspecified atom stereocenters. The van der Waals surface area contributed by atoms with Gasteiger partial charge in [0.25, 0.3) is 0 Å². The molecule has 0 aromatic heterocycles. The summed E-state index contributed by atoms with van der Waals surface area (Å²) in [6, 6.07) is -0.184. The van der Waals surface area contributed by atoms with Gasteiger partial charge in [0.15, 0.2) is 0 Å². The van der Waals surface area contributed by atoms with E-state index in [-0.39, 0.29) is 12.5 Å². The van der Waals surface area contributed by atoms with E-state index in [4.69, 9.17) is 0 Å². The maximum absolute atomic E-state index is 11.8. The van der Waals surface area contributed by atoms with Gasteiger partial charge >= 0.3 is 6.18 Å². The molecule has 0 saturated heterocycles. The lowest BCUT2D eigenvalue weighted by Gasteiger charge is -2.03. The van der Waals surface area contributed by atoms with Gasteiger partial charge in [-0.2, -0.15) is 18.3 Å². The molecule has 0 aliphatic carbocycles. The Labute approximate surface area is 56.1 Å². The van der Waals surface area contributed by atoms with Crippen molar-refractivity contribution in [3.8, 4) is 0 Å². The summed E-state index contributed by atoms with van der Waals surface area (Å²) in [5.41, 5.74) is 1.64. The van der Waals surface area contributed by atoms with Crippen LogP contribution >= 0.6 is 0 Å². The average molecular weight is 152 g/mol. The van der Waals surface area contributed by atoms with Crippen molar-refractivity contribution >= 4 is 5.71 Å². The van der Waals surface area contributed by atoms with Crippen LogP contribution in [0.15, 0.2) is 5.10 Å². The smallest absolute Gasteiger partial charge is 0.307 e. The molecule has 0 saturated carbocycles. The average Bonchev–Trinajstić information content (AvgIpc) is 2.11. The lowest BCUT2D eigenvalue weighted by Crippen LogP contribution is -2.22. The van der Waals surface area contributed by atoms with Crippen molar-refractivity contribution < 1.29 is 13.2 Å². The Hall–Kier alpha value is -0.740. The topological polar surface area (TPSA) is 24.4 Å². The number of hydrogen-bond donors (Lipinski definition) is 1. The highest BCUT2D eigenvalue weighted by molar-refractivity contribution is 5.91. The van der Waals surface area contributed by atoms with E-state index < -0.39 is 11.9 Å². The first-order chi connectivity index (χ1) is 4.50. The predicted octanol–water partition coefficient (Wildman–Crippen LogP) is 1.29. The summed E-state index contributed by atoms with van der Waals surface area (Å²) in [6.07, 6.45) is -4.28.